The normalized spacial score (nSPS) is 10.9. The van der Waals surface area contributed by atoms with Crippen LogP contribution in [0.4, 0.5) is 0 Å². The molecule has 0 aliphatic rings. The maximum atomic E-state index is 11.3. The molecule has 0 atom stereocenters. The van der Waals surface area contributed by atoms with Gasteiger partial charge in [-0.3, -0.25) is 4.98 Å². The molecule has 1 N–H and O–H groups in total. The molecule has 2 heterocycles. The number of nitrogens with zero attached hydrogens (tertiary/aromatic N) is 1. The molecule has 0 fully saturated rings. The first-order chi connectivity index (χ1) is 8.49. The van der Waals surface area contributed by atoms with Crippen LogP contribution in [0.2, 0.25) is 0 Å². The Labute approximate surface area is 110 Å². The predicted octanol–water partition coefficient (Wildman–Crippen LogP) is 3.94. The predicted molar refractivity (Wildman–Crippen MR) is 73.3 cm³/mol. The van der Waals surface area contributed by atoms with Crippen molar-refractivity contribution in [1.82, 2.24) is 4.98 Å². The molecule has 0 saturated carbocycles. The van der Waals surface area contributed by atoms with Gasteiger partial charge in [-0.05, 0) is 35.9 Å². The number of carboxylic acids is 1. The average Bonchev–Trinajstić information content (AvgIpc) is 2.75. The van der Waals surface area contributed by atoms with Crippen molar-refractivity contribution in [3.8, 4) is 10.4 Å². The van der Waals surface area contributed by atoms with Gasteiger partial charge in [0.25, 0.3) is 0 Å². The molecular weight excluding hydrogens is 246 g/mol. The van der Waals surface area contributed by atoms with Crippen LogP contribution >= 0.6 is 11.3 Å². The molecule has 0 aliphatic carbocycles. The maximum Gasteiger partial charge on any atom is 0.337 e. The largest absolute Gasteiger partial charge is 0.478 e. The summed E-state index contributed by atoms with van der Waals surface area (Å²) in [6, 6.07) is 3.76. The summed E-state index contributed by atoms with van der Waals surface area (Å²) in [7, 11) is 0. The molecule has 0 radical (unpaired) electrons. The molecule has 4 heteroatoms. The lowest BCUT2D eigenvalue weighted by Crippen LogP contribution is -2.06. The molecule has 0 bridgehead atoms. The Morgan fingerprint density at radius 2 is 2.11 bits per heavy atom. The molecule has 0 saturated heterocycles. The van der Waals surface area contributed by atoms with Crippen LogP contribution in [-0.4, -0.2) is 16.1 Å². The van der Waals surface area contributed by atoms with Crippen molar-refractivity contribution in [2.45, 2.75) is 26.7 Å². The zero-order chi connectivity index (χ0) is 13.3. The van der Waals surface area contributed by atoms with E-state index in [1.165, 1.54) is 5.56 Å². The lowest BCUT2D eigenvalue weighted by Gasteiger charge is -2.09. The third kappa shape index (κ3) is 2.43. The molecule has 2 rings (SSSR count). The van der Waals surface area contributed by atoms with E-state index in [4.69, 9.17) is 0 Å². The molecule has 18 heavy (non-hydrogen) atoms. The fourth-order valence-corrected chi connectivity index (χ4v) is 2.71. The van der Waals surface area contributed by atoms with E-state index in [2.05, 4.69) is 4.98 Å². The molecule has 0 unspecified atom stereocenters. The van der Waals surface area contributed by atoms with Gasteiger partial charge in [-0.2, -0.15) is 0 Å². The molecule has 0 aromatic carbocycles. The fraction of sp³-hybridized carbons (Fsp3) is 0.286. The van der Waals surface area contributed by atoms with Crippen molar-refractivity contribution in [3.05, 3.63) is 40.5 Å². The topological polar surface area (TPSA) is 50.2 Å². The Morgan fingerprint density at radius 1 is 1.39 bits per heavy atom. The smallest absolute Gasteiger partial charge is 0.337 e. The first kappa shape index (κ1) is 12.8. The van der Waals surface area contributed by atoms with Gasteiger partial charge in [-0.1, -0.05) is 13.8 Å². The van der Waals surface area contributed by atoms with Crippen molar-refractivity contribution < 1.29 is 9.90 Å². The van der Waals surface area contributed by atoms with E-state index in [0.717, 1.165) is 10.4 Å². The third-order valence-corrected chi connectivity index (χ3v) is 3.81. The number of pyridine rings is 1. The van der Waals surface area contributed by atoms with Gasteiger partial charge in [-0.15, -0.1) is 11.3 Å². The summed E-state index contributed by atoms with van der Waals surface area (Å²) >= 11 is 1.60. The highest BCUT2D eigenvalue weighted by Crippen LogP contribution is 2.29. The van der Waals surface area contributed by atoms with Gasteiger partial charge in [0.1, 0.15) is 0 Å². The van der Waals surface area contributed by atoms with Crippen LogP contribution < -0.4 is 0 Å². The standard InChI is InChI=1S/C14H15NO2S/c1-8(2)13-11(14(16)17)5-10(6-15-13)12-4-9(3)7-18-12/h4-8H,1-3H3,(H,16,17). The number of rotatable bonds is 3. The lowest BCUT2D eigenvalue weighted by molar-refractivity contribution is 0.0694. The minimum atomic E-state index is -0.915. The molecular formula is C14H15NO2S. The summed E-state index contributed by atoms with van der Waals surface area (Å²) in [5.41, 5.74) is 2.99. The number of aryl methyl sites for hydroxylation is 1. The van der Waals surface area contributed by atoms with Crippen LogP contribution in [0.5, 0.6) is 0 Å². The van der Waals surface area contributed by atoms with Crippen LogP contribution in [0.1, 0.15) is 41.4 Å². The monoisotopic (exact) mass is 261 g/mol. The Morgan fingerprint density at radius 3 is 2.61 bits per heavy atom. The van der Waals surface area contributed by atoms with Crippen molar-refractivity contribution >= 4 is 17.3 Å². The summed E-state index contributed by atoms with van der Waals surface area (Å²) in [6.45, 7) is 5.92. The van der Waals surface area contributed by atoms with Gasteiger partial charge in [0.05, 0.1) is 11.3 Å². The van der Waals surface area contributed by atoms with Gasteiger partial charge in [0.15, 0.2) is 0 Å². The van der Waals surface area contributed by atoms with E-state index in [0.29, 0.717) is 11.3 Å². The van der Waals surface area contributed by atoms with Gasteiger partial charge in [-0.25, -0.2) is 4.79 Å². The Bertz CT molecular complexity index is 587. The Balaban J connectivity index is 2.53. The van der Waals surface area contributed by atoms with Gasteiger partial charge in [0, 0.05) is 16.6 Å². The number of hydrogen-bond acceptors (Lipinski definition) is 3. The highest BCUT2D eigenvalue weighted by Gasteiger charge is 2.16. The Hall–Kier alpha value is -1.68. The molecule has 3 nitrogen and oxygen atoms in total. The molecule has 2 aromatic rings. The second-order valence-electron chi connectivity index (χ2n) is 4.60. The van der Waals surface area contributed by atoms with Crippen molar-refractivity contribution in [1.29, 1.82) is 0 Å². The molecule has 0 amide bonds. The average molecular weight is 261 g/mol. The number of hydrogen-bond donors (Lipinski definition) is 1. The molecule has 0 spiro atoms. The summed E-state index contributed by atoms with van der Waals surface area (Å²) in [5.74, 6) is -0.809. The fourth-order valence-electron chi connectivity index (χ4n) is 1.82. The van der Waals surface area contributed by atoms with Crippen LogP contribution in [0.3, 0.4) is 0 Å². The number of aromatic nitrogens is 1. The van der Waals surface area contributed by atoms with E-state index in [1.54, 1.807) is 23.6 Å². The van der Waals surface area contributed by atoms with Crippen molar-refractivity contribution in [2.24, 2.45) is 0 Å². The summed E-state index contributed by atoms with van der Waals surface area (Å²) in [4.78, 5) is 16.6. The van der Waals surface area contributed by atoms with E-state index < -0.39 is 5.97 Å². The van der Waals surface area contributed by atoms with Crippen molar-refractivity contribution in [3.63, 3.8) is 0 Å². The van der Waals surface area contributed by atoms with E-state index >= 15 is 0 Å². The van der Waals surface area contributed by atoms with Crippen LogP contribution in [0, 0.1) is 6.92 Å². The maximum absolute atomic E-state index is 11.3. The molecule has 94 valence electrons. The number of aromatic carboxylic acids is 1. The zero-order valence-electron chi connectivity index (χ0n) is 10.6. The summed E-state index contributed by atoms with van der Waals surface area (Å²) in [5, 5.41) is 11.3. The number of carboxylic acid groups (broad SMARTS) is 1. The highest BCUT2D eigenvalue weighted by atomic mass is 32.1. The molecule has 2 aromatic heterocycles. The van der Waals surface area contributed by atoms with Crippen LogP contribution in [0.25, 0.3) is 10.4 Å². The van der Waals surface area contributed by atoms with Gasteiger partial charge >= 0.3 is 5.97 Å². The highest BCUT2D eigenvalue weighted by molar-refractivity contribution is 7.13. The first-order valence-electron chi connectivity index (χ1n) is 5.77. The second-order valence-corrected chi connectivity index (χ2v) is 5.52. The summed E-state index contributed by atoms with van der Waals surface area (Å²) < 4.78 is 0. The SMILES string of the molecule is Cc1csc(-c2cnc(C(C)C)c(C(=O)O)c2)c1. The lowest BCUT2D eigenvalue weighted by atomic mass is 10.0. The second kappa shape index (κ2) is 4.90. The summed E-state index contributed by atoms with van der Waals surface area (Å²) in [6.07, 6.45) is 1.76. The van der Waals surface area contributed by atoms with Crippen molar-refractivity contribution in [2.75, 3.05) is 0 Å². The minimum absolute atomic E-state index is 0.107. The zero-order valence-corrected chi connectivity index (χ0v) is 11.4. The van der Waals surface area contributed by atoms with Crippen LogP contribution in [0.15, 0.2) is 23.7 Å². The first-order valence-corrected chi connectivity index (χ1v) is 6.65. The van der Waals surface area contributed by atoms with Gasteiger partial charge in [0.2, 0.25) is 0 Å². The molecule has 0 aliphatic heterocycles. The number of thiophene rings is 1. The minimum Gasteiger partial charge on any atom is -0.478 e. The Kier molecular flexibility index (Phi) is 3.48. The quantitative estimate of drug-likeness (QED) is 0.910. The third-order valence-electron chi connectivity index (χ3n) is 2.71. The van der Waals surface area contributed by atoms with Crippen LogP contribution in [-0.2, 0) is 0 Å². The van der Waals surface area contributed by atoms with E-state index in [1.807, 2.05) is 32.2 Å². The number of carbonyl (C=O) groups is 1. The van der Waals surface area contributed by atoms with E-state index in [-0.39, 0.29) is 5.92 Å². The van der Waals surface area contributed by atoms with Gasteiger partial charge < -0.3 is 5.11 Å². The van der Waals surface area contributed by atoms with E-state index in [9.17, 15) is 9.90 Å².